The summed E-state index contributed by atoms with van der Waals surface area (Å²) in [5, 5.41) is 12.3. The van der Waals surface area contributed by atoms with E-state index in [9.17, 15) is 18.7 Å². The number of aryl methyl sites for hydroxylation is 1. The van der Waals surface area contributed by atoms with Crippen LogP contribution >= 0.6 is 0 Å². The van der Waals surface area contributed by atoms with Crippen molar-refractivity contribution in [1.29, 1.82) is 0 Å². The number of benzene rings is 1. The van der Waals surface area contributed by atoms with Gasteiger partial charge >= 0.3 is 0 Å². The number of halogens is 2. The summed E-state index contributed by atoms with van der Waals surface area (Å²) in [4.78, 5) is 12.0. The maximum atomic E-state index is 13.8. The van der Waals surface area contributed by atoms with E-state index in [1.54, 1.807) is 0 Å². The number of rotatable bonds is 2. The third-order valence-corrected chi connectivity index (χ3v) is 3.56. The lowest BCUT2D eigenvalue weighted by Gasteiger charge is -2.28. The number of aliphatic hydroxyl groups is 1. The van der Waals surface area contributed by atoms with Gasteiger partial charge in [-0.15, -0.1) is 0 Å². The molecule has 0 heterocycles. The van der Waals surface area contributed by atoms with Crippen molar-refractivity contribution in [1.82, 2.24) is 5.32 Å². The van der Waals surface area contributed by atoms with Gasteiger partial charge in [-0.3, -0.25) is 4.79 Å². The van der Waals surface area contributed by atoms with Crippen molar-refractivity contribution >= 4 is 5.91 Å². The fourth-order valence-electron chi connectivity index (χ4n) is 2.39. The predicted octanol–water partition coefficient (Wildman–Crippen LogP) is 2.31. The highest BCUT2D eigenvalue weighted by Gasteiger charge is 2.27. The Balaban J connectivity index is 2.18. The van der Waals surface area contributed by atoms with Crippen LogP contribution in [0, 0.1) is 18.6 Å². The van der Waals surface area contributed by atoms with E-state index in [1.807, 2.05) is 0 Å². The molecule has 19 heavy (non-hydrogen) atoms. The Morgan fingerprint density at radius 1 is 1.32 bits per heavy atom. The largest absolute Gasteiger partial charge is 0.391 e. The Bertz CT molecular complexity index is 491. The molecule has 1 aliphatic rings. The van der Waals surface area contributed by atoms with E-state index < -0.39 is 35.3 Å². The molecule has 2 N–H and O–H groups in total. The lowest BCUT2D eigenvalue weighted by atomic mass is 9.92. The summed E-state index contributed by atoms with van der Waals surface area (Å²) in [5.41, 5.74) is -0.353. The topological polar surface area (TPSA) is 49.3 Å². The molecular weight excluding hydrogens is 252 g/mol. The van der Waals surface area contributed by atoms with Crippen LogP contribution in [0.25, 0.3) is 0 Å². The molecule has 1 saturated carbocycles. The number of hydrogen-bond donors (Lipinski definition) is 2. The van der Waals surface area contributed by atoms with Gasteiger partial charge in [0.05, 0.1) is 12.1 Å². The predicted molar refractivity (Wildman–Crippen MR) is 66.8 cm³/mol. The first-order valence-corrected chi connectivity index (χ1v) is 6.44. The standard InChI is InChI=1S/C14H17F2NO2/c1-8-6-7-9(15)12(13(8)16)14(19)17-10-4-2-3-5-11(10)18/h6-7,10-11,18H,2-5H2,1H3,(H,17,19). The number of nitrogens with one attached hydrogen (secondary N) is 1. The van der Waals surface area contributed by atoms with Crippen LogP contribution in [0.1, 0.15) is 41.6 Å². The molecule has 0 aromatic heterocycles. The van der Waals surface area contributed by atoms with E-state index in [0.29, 0.717) is 12.8 Å². The zero-order valence-electron chi connectivity index (χ0n) is 10.7. The van der Waals surface area contributed by atoms with Crippen LogP contribution in [0.2, 0.25) is 0 Å². The van der Waals surface area contributed by atoms with Crippen LogP contribution < -0.4 is 5.32 Å². The van der Waals surface area contributed by atoms with Crippen LogP contribution in [0.15, 0.2) is 12.1 Å². The van der Waals surface area contributed by atoms with Crippen LogP contribution in [-0.2, 0) is 0 Å². The Labute approximate surface area is 110 Å². The highest BCUT2D eigenvalue weighted by molar-refractivity contribution is 5.95. The van der Waals surface area contributed by atoms with Crippen LogP contribution in [0.4, 0.5) is 8.78 Å². The lowest BCUT2D eigenvalue weighted by molar-refractivity contribution is 0.0711. The molecule has 0 bridgehead atoms. The molecule has 2 rings (SSSR count). The number of amides is 1. The molecule has 0 saturated heterocycles. The molecule has 5 heteroatoms. The second-order valence-electron chi connectivity index (χ2n) is 4.99. The molecule has 1 aromatic carbocycles. The summed E-state index contributed by atoms with van der Waals surface area (Å²) < 4.78 is 27.4. The van der Waals surface area contributed by atoms with Gasteiger partial charge in [0.25, 0.3) is 5.91 Å². The van der Waals surface area contributed by atoms with Crippen LogP contribution in [0.5, 0.6) is 0 Å². The third kappa shape index (κ3) is 2.92. The number of hydrogen-bond acceptors (Lipinski definition) is 2. The van der Waals surface area contributed by atoms with Crippen LogP contribution in [-0.4, -0.2) is 23.2 Å². The normalized spacial score (nSPS) is 23.2. The first-order chi connectivity index (χ1) is 9.00. The van der Waals surface area contributed by atoms with Crippen molar-refractivity contribution in [2.24, 2.45) is 0 Å². The molecule has 0 aliphatic heterocycles. The molecule has 2 atom stereocenters. The molecule has 1 aromatic rings. The average Bonchev–Trinajstić information content (AvgIpc) is 2.37. The van der Waals surface area contributed by atoms with Crippen molar-refractivity contribution in [3.63, 3.8) is 0 Å². The van der Waals surface area contributed by atoms with E-state index in [-0.39, 0.29) is 5.56 Å². The number of carbonyl (C=O) groups excluding carboxylic acids is 1. The number of aliphatic hydroxyl groups excluding tert-OH is 1. The van der Waals surface area contributed by atoms with E-state index in [0.717, 1.165) is 18.9 Å². The first kappa shape index (κ1) is 13.9. The highest BCUT2D eigenvalue weighted by Crippen LogP contribution is 2.20. The molecule has 104 valence electrons. The summed E-state index contributed by atoms with van der Waals surface area (Å²) in [6.45, 7) is 1.47. The second kappa shape index (κ2) is 5.65. The summed E-state index contributed by atoms with van der Waals surface area (Å²) in [6, 6.07) is 1.93. The smallest absolute Gasteiger partial charge is 0.257 e. The second-order valence-corrected chi connectivity index (χ2v) is 4.99. The minimum atomic E-state index is -0.883. The van der Waals surface area contributed by atoms with E-state index in [4.69, 9.17) is 0 Å². The molecule has 0 radical (unpaired) electrons. The van der Waals surface area contributed by atoms with E-state index in [1.165, 1.54) is 13.0 Å². The summed E-state index contributed by atoms with van der Waals surface area (Å²) in [7, 11) is 0. The number of carbonyl (C=O) groups is 1. The van der Waals surface area contributed by atoms with Crippen molar-refractivity contribution in [2.45, 2.75) is 44.8 Å². The fraction of sp³-hybridized carbons (Fsp3) is 0.500. The SMILES string of the molecule is Cc1ccc(F)c(C(=O)NC2CCCCC2O)c1F. The van der Waals surface area contributed by atoms with Crippen molar-refractivity contribution in [2.75, 3.05) is 0 Å². The van der Waals surface area contributed by atoms with Gasteiger partial charge in [-0.2, -0.15) is 0 Å². The quantitative estimate of drug-likeness (QED) is 0.865. The Kier molecular flexibility index (Phi) is 4.14. The molecular formula is C14H17F2NO2. The Hall–Kier alpha value is -1.49. The summed E-state index contributed by atoms with van der Waals surface area (Å²) in [5.74, 6) is -2.53. The van der Waals surface area contributed by atoms with Crippen molar-refractivity contribution in [3.05, 3.63) is 34.9 Å². The zero-order chi connectivity index (χ0) is 14.0. The fourth-order valence-corrected chi connectivity index (χ4v) is 2.39. The minimum Gasteiger partial charge on any atom is -0.391 e. The van der Waals surface area contributed by atoms with Gasteiger partial charge in [0.2, 0.25) is 0 Å². The maximum absolute atomic E-state index is 13.8. The minimum absolute atomic E-state index is 0.218. The van der Waals surface area contributed by atoms with E-state index >= 15 is 0 Å². The monoisotopic (exact) mass is 269 g/mol. The van der Waals surface area contributed by atoms with Gasteiger partial charge in [0, 0.05) is 0 Å². The Morgan fingerprint density at radius 3 is 2.68 bits per heavy atom. The van der Waals surface area contributed by atoms with E-state index in [2.05, 4.69) is 5.32 Å². The first-order valence-electron chi connectivity index (χ1n) is 6.44. The average molecular weight is 269 g/mol. The molecule has 2 unspecified atom stereocenters. The molecule has 1 fully saturated rings. The summed E-state index contributed by atoms with van der Waals surface area (Å²) in [6.07, 6.45) is 2.38. The van der Waals surface area contributed by atoms with Crippen LogP contribution in [0.3, 0.4) is 0 Å². The van der Waals surface area contributed by atoms with Gasteiger partial charge in [0.15, 0.2) is 0 Å². The van der Waals surface area contributed by atoms with Crippen molar-refractivity contribution < 1.29 is 18.7 Å². The summed E-state index contributed by atoms with van der Waals surface area (Å²) >= 11 is 0. The molecule has 3 nitrogen and oxygen atoms in total. The zero-order valence-corrected chi connectivity index (χ0v) is 10.7. The Morgan fingerprint density at radius 2 is 2.00 bits per heavy atom. The highest BCUT2D eigenvalue weighted by atomic mass is 19.1. The van der Waals surface area contributed by atoms with Gasteiger partial charge in [-0.05, 0) is 31.4 Å². The molecule has 0 spiro atoms. The van der Waals surface area contributed by atoms with Gasteiger partial charge in [-0.1, -0.05) is 18.9 Å². The van der Waals surface area contributed by atoms with Gasteiger partial charge < -0.3 is 10.4 Å². The maximum Gasteiger partial charge on any atom is 0.257 e. The molecule has 1 aliphatic carbocycles. The van der Waals surface area contributed by atoms with Gasteiger partial charge in [-0.25, -0.2) is 8.78 Å². The van der Waals surface area contributed by atoms with Crippen molar-refractivity contribution in [3.8, 4) is 0 Å². The lowest BCUT2D eigenvalue weighted by Crippen LogP contribution is -2.45. The van der Waals surface area contributed by atoms with Gasteiger partial charge in [0.1, 0.15) is 17.2 Å². The third-order valence-electron chi connectivity index (χ3n) is 3.56. The molecule has 1 amide bonds.